The monoisotopic (exact) mass is 271 g/mol. The van der Waals surface area contributed by atoms with Crippen LogP contribution >= 0.6 is 0 Å². The summed E-state index contributed by atoms with van der Waals surface area (Å²) in [6.45, 7) is 2.09. The van der Waals surface area contributed by atoms with E-state index in [2.05, 4.69) is 31.2 Å². The lowest BCUT2D eigenvalue weighted by Crippen LogP contribution is -2.08. The topological polar surface area (TPSA) is 44.5 Å². The van der Waals surface area contributed by atoms with Crippen molar-refractivity contribution < 1.29 is 9.47 Å². The van der Waals surface area contributed by atoms with Crippen LogP contribution < -0.4 is 15.2 Å². The van der Waals surface area contributed by atoms with Crippen molar-refractivity contribution in [3.05, 3.63) is 48.0 Å². The summed E-state index contributed by atoms with van der Waals surface area (Å²) in [6.07, 6.45) is 0.928. The van der Waals surface area contributed by atoms with Gasteiger partial charge in [0.1, 0.15) is 11.5 Å². The van der Waals surface area contributed by atoms with E-state index < -0.39 is 0 Å². The molecule has 0 aliphatic heterocycles. The number of nitrogens with two attached hydrogens (primary N) is 1. The normalized spacial score (nSPS) is 12.0. The molecule has 0 unspecified atom stereocenters. The minimum atomic E-state index is 0.0867. The minimum Gasteiger partial charge on any atom is -0.496 e. The van der Waals surface area contributed by atoms with Crippen LogP contribution in [0.5, 0.6) is 11.5 Å². The van der Waals surface area contributed by atoms with E-state index in [4.69, 9.17) is 15.2 Å². The highest BCUT2D eigenvalue weighted by Crippen LogP contribution is 2.38. The van der Waals surface area contributed by atoms with Gasteiger partial charge in [0.25, 0.3) is 0 Å². The minimum absolute atomic E-state index is 0.0867. The van der Waals surface area contributed by atoms with Crippen LogP contribution in [0.15, 0.2) is 42.5 Å². The zero-order valence-electron chi connectivity index (χ0n) is 12.2. The van der Waals surface area contributed by atoms with Gasteiger partial charge in [-0.25, -0.2) is 0 Å². The van der Waals surface area contributed by atoms with E-state index in [9.17, 15) is 0 Å². The lowest BCUT2D eigenvalue weighted by molar-refractivity contribution is 0.397. The highest BCUT2D eigenvalue weighted by atomic mass is 16.5. The van der Waals surface area contributed by atoms with Crippen molar-refractivity contribution in [2.45, 2.75) is 19.4 Å². The Labute approximate surface area is 120 Å². The number of hydrogen-bond donors (Lipinski definition) is 1. The van der Waals surface area contributed by atoms with Crippen LogP contribution in [0.4, 0.5) is 0 Å². The van der Waals surface area contributed by atoms with Gasteiger partial charge in [-0.3, -0.25) is 0 Å². The van der Waals surface area contributed by atoms with Crippen molar-refractivity contribution in [3.8, 4) is 22.6 Å². The van der Waals surface area contributed by atoms with E-state index in [1.165, 1.54) is 0 Å². The van der Waals surface area contributed by atoms with Gasteiger partial charge in [0.15, 0.2) is 0 Å². The molecule has 0 fully saturated rings. The molecule has 0 saturated carbocycles. The maximum Gasteiger partial charge on any atom is 0.130 e. The Balaban J connectivity index is 2.46. The molecule has 3 heteroatoms. The first kappa shape index (κ1) is 14.4. The number of rotatable bonds is 5. The molecule has 0 amide bonds. The lowest BCUT2D eigenvalue weighted by Gasteiger charge is -2.14. The highest BCUT2D eigenvalue weighted by Gasteiger charge is 2.12. The van der Waals surface area contributed by atoms with E-state index in [1.54, 1.807) is 14.2 Å². The van der Waals surface area contributed by atoms with Gasteiger partial charge in [0.05, 0.1) is 19.8 Å². The summed E-state index contributed by atoms with van der Waals surface area (Å²) in [7, 11) is 3.33. The van der Waals surface area contributed by atoms with Gasteiger partial charge < -0.3 is 15.2 Å². The van der Waals surface area contributed by atoms with Gasteiger partial charge in [0, 0.05) is 6.04 Å². The second kappa shape index (κ2) is 6.44. The standard InChI is InChI=1S/C17H21NO2/c1-4-14(18)12-8-10-13(11-9-12)17-15(19-2)6-5-7-16(17)20-3/h5-11,14H,4,18H2,1-3H3/t14-/m0/s1. The molecule has 2 rings (SSSR count). The third-order valence-corrected chi connectivity index (χ3v) is 3.50. The second-order valence-electron chi connectivity index (χ2n) is 4.67. The summed E-state index contributed by atoms with van der Waals surface area (Å²) in [6, 6.07) is 14.1. The second-order valence-corrected chi connectivity index (χ2v) is 4.67. The number of ether oxygens (including phenoxy) is 2. The van der Waals surface area contributed by atoms with Gasteiger partial charge in [-0.05, 0) is 29.7 Å². The average molecular weight is 271 g/mol. The van der Waals surface area contributed by atoms with Crippen molar-refractivity contribution >= 4 is 0 Å². The predicted molar refractivity (Wildman–Crippen MR) is 82.2 cm³/mol. The highest BCUT2D eigenvalue weighted by molar-refractivity contribution is 5.77. The zero-order valence-corrected chi connectivity index (χ0v) is 12.2. The Morgan fingerprint density at radius 1 is 0.950 bits per heavy atom. The smallest absolute Gasteiger partial charge is 0.130 e. The van der Waals surface area contributed by atoms with Gasteiger partial charge in [-0.2, -0.15) is 0 Å². The van der Waals surface area contributed by atoms with Crippen LogP contribution in [0.25, 0.3) is 11.1 Å². The van der Waals surface area contributed by atoms with Crippen LogP contribution in [0.2, 0.25) is 0 Å². The molecule has 0 bridgehead atoms. The molecule has 106 valence electrons. The molecule has 0 aliphatic rings. The van der Waals surface area contributed by atoms with E-state index in [0.29, 0.717) is 0 Å². The van der Waals surface area contributed by atoms with E-state index in [1.807, 2.05) is 18.2 Å². The van der Waals surface area contributed by atoms with Crippen molar-refractivity contribution in [1.82, 2.24) is 0 Å². The van der Waals surface area contributed by atoms with Gasteiger partial charge in [-0.15, -0.1) is 0 Å². The van der Waals surface area contributed by atoms with Crippen molar-refractivity contribution in [3.63, 3.8) is 0 Å². The zero-order chi connectivity index (χ0) is 14.5. The molecule has 0 heterocycles. The van der Waals surface area contributed by atoms with E-state index in [0.717, 1.165) is 34.6 Å². The first-order valence-electron chi connectivity index (χ1n) is 6.78. The summed E-state index contributed by atoms with van der Waals surface area (Å²) in [4.78, 5) is 0. The molecule has 0 spiro atoms. The Bertz CT molecular complexity index is 541. The van der Waals surface area contributed by atoms with Crippen molar-refractivity contribution in [2.24, 2.45) is 5.73 Å². The predicted octanol–water partition coefficient (Wildman–Crippen LogP) is 3.78. The van der Waals surface area contributed by atoms with Crippen molar-refractivity contribution in [2.75, 3.05) is 14.2 Å². The average Bonchev–Trinajstić information content (AvgIpc) is 2.53. The first-order valence-corrected chi connectivity index (χ1v) is 6.78. The van der Waals surface area contributed by atoms with Crippen LogP contribution in [0, 0.1) is 0 Å². The number of hydrogen-bond acceptors (Lipinski definition) is 3. The summed E-state index contributed by atoms with van der Waals surface area (Å²) < 4.78 is 10.9. The summed E-state index contributed by atoms with van der Waals surface area (Å²) in [5, 5.41) is 0. The van der Waals surface area contributed by atoms with Crippen LogP contribution in [-0.2, 0) is 0 Å². The molecule has 0 radical (unpaired) electrons. The maximum atomic E-state index is 6.05. The van der Waals surface area contributed by atoms with Gasteiger partial charge in [0.2, 0.25) is 0 Å². The Morgan fingerprint density at radius 2 is 1.50 bits per heavy atom. The Kier molecular flexibility index (Phi) is 4.64. The molecule has 20 heavy (non-hydrogen) atoms. The largest absolute Gasteiger partial charge is 0.496 e. The fraction of sp³-hybridized carbons (Fsp3) is 0.294. The van der Waals surface area contributed by atoms with Crippen molar-refractivity contribution in [1.29, 1.82) is 0 Å². The van der Waals surface area contributed by atoms with Gasteiger partial charge >= 0.3 is 0 Å². The molecule has 0 saturated heterocycles. The molecule has 2 aromatic rings. The third kappa shape index (κ3) is 2.78. The summed E-state index contributed by atoms with van der Waals surface area (Å²) >= 11 is 0. The third-order valence-electron chi connectivity index (χ3n) is 3.50. The molecule has 3 nitrogen and oxygen atoms in total. The first-order chi connectivity index (χ1) is 9.71. The van der Waals surface area contributed by atoms with Crippen LogP contribution in [0.3, 0.4) is 0 Å². The summed E-state index contributed by atoms with van der Waals surface area (Å²) in [5.74, 6) is 1.61. The molecule has 0 aliphatic carbocycles. The summed E-state index contributed by atoms with van der Waals surface area (Å²) in [5.41, 5.74) is 9.22. The van der Waals surface area contributed by atoms with Crippen LogP contribution in [-0.4, -0.2) is 14.2 Å². The molecule has 2 N–H and O–H groups in total. The maximum absolute atomic E-state index is 6.05. The fourth-order valence-corrected chi connectivity index (χ4v) is 2.27. The molecule has 2 aromatic carbocycles. The lowest BCUT2D eigenvalue weighted by atomic mass is 9.99. The van der Waals surface area contributed by atoms with Crippen LogP contribution in [0.1, 0.15) is 24.9 Å². The fourth-order valence-electron chi connectivity index (χ4n) is 2.27. The SMILES string of the molecule is CC[C@H](N)c1ccc(-c2c(OC)cccc2OC)cc1. The van der Waals surface area contributed by atoms with E-state index >= 15 is 0 Å². The number of methoxy groups -OCH3 is 2. The van der Waals surface area contributed by atoms with Gasteiger partial charge in [-0.1, -0.05) is 37.3 Å². The number of benzene rings is 2. The Hall–Kier alpha value is -2.00. The molecule has 0 aromatic heterocycles. The quantitative estimate of drug-likeness (QED) is 0.900. The molecule has 1 atom stereocenters. The molecular formula is C17H21NO2. The van der Waals surface area contributed by atoms with E-state index in [-0.39, 0.29) is 6.04 Å². The Morgan fingerprint density at radius 3 is 1.95 bits per heavy atom. The molecular weight excluding hydrogens is 250 g/mol.